The van der Waals surface area contributed by atoms with E-state index >= 15 is 0 Å². The molecule has 5 nitrogen and oxygen atoms in total. The lowest BCUT2D eigenvalue weighted by molar-refractivity contribution is -0.129. The fourth-order valence-corrected chi connectivity index (χ4v) is 1.31. The average molecular weight is 225 g/mol. The van der Waals surface area contributed by atoms with Gasteiger partial charge in [-0.1, -0.05) is 6.07 Å². The number of ether oxygens (including phenoxy) is 2. The Bertz CT molecular complexity index is 378. The van der Waals surface area contributed by atoms with Crippen molar-refractivity contribution in [2.75, 3.05) is 21.3 Å². The van der Waals surface area contributed by atoms with Crippen molar-refractivity contribution in [1.29, 1.82) is 0 Å². The summed E-state index contributed by atoms with van der Waals surface area (Å²) in [7, 11) is 4.48. The highest BCUT2D eigenvalue weighted by molar-refractivity contribution is 5.81. The predicted octanol–water partition coefficient (Wildman–Crippen LogP) is 0.483. The first-order valence-electron chi connectivity index (χ1n) is 4.75. The topological polar surface area (TPSA) is 67.8 Å². The van der Waals surface area contributed by atoms with Crippen molar-refractivity contribution in [2.45, 2.75) is 6.10 Å². The largest absolute Gasteiger partial charge is 0.493 e. The van der Waals surface area contributed by atoms with E-state index in [-0.39, 0.29) is 0 Å². The number of nitrogens with one attached hydrogen (secondary N) is 1. The van der Waals surface area contributed by atoms with Crippen molar-refractivity contribution in [1.82, 2.24) is 5.32 Å². The molecule has 0 aliphatic heterocycles. The summed E-state index contributed by atoms with van der Waals surface area (Å²) in [4.78, 5) is 11.2. The summed E-state index contributed by atoms with van der Waals surface area (Å²) in [5.74, 6) is 0.561. The van der Waals surface area contributed by atoms with Crippen molar-refractivity contribution in [3.8, 4) is 11.5 Å². The van der Waals surface area contributed by atoms with Crippen LogP contribution in [0.4, 0.5) is 0 Å². The van der Waals surface area contributed by atoms with E-state index in [9.17, 15) is 9.90 Å². The molecule has 0 saturated carbocycles. The van der Waals surface area contributed by atoms with E-state index in [1.54, 1.807) is 18.2 Å². The fraction of sp³-hybridized carbons (Fsp3) is 0.364. The maximum atomic E-state index is 11.2. The summed E-state index contributed by atoms with van der Waals surface area (Å²) >= 11 is 0. The Balaban J connectivity index is 3.03. The van der Waals surface area contributed by atoms with Crippen LogP contribution in [0.5, 0.6) is 11.5 Å². The number of methoxy groups -OCH3 is 2. The van der Waals surface area contributed by atoms with Gasteiger partial charge in [-0.05, 0) is 17.7 Å². The van der Waals surface area contributed by atoms with E-state index in [1.807, 2.05) is 0 Å². The zero-order valence-corrected chi connectivity index (χ0v) is 9.48. The molecule has 0 aliphatic carbocycles. The molecule has 16 heavy (non-hydrogen) atoms. The van der Waals surface area contributed by atoms with Gasteiger partial charge in [-0.2, -0.15) is 0 Å². The molecule has 1 rings (SSSR count). The van der Waals surface area contributed by atoms with Crippen LogP contribution >= 0.6 is 0 Å². The van der Waals surface area contributed by atoms with Gasteiger partial charge in [0.2, 0.25) is 0 Å². The lowest BCUT2D eigenvalue weighted by atomic mass is 10.1. The van der Waals surface area contributed by atoms with Crippen molar-refractivity contribution in [2.24, 2.45) is 0 Å². The van der Waals surface area contributed by atoms with Gasteiger partial charge in [0.15, 0.2) is 17.6 Å². The van der Waals surface area contributed by atoms with Gasteiger partial charge in [-0.25, -0.2) is 0 Å². The average Bonchev–Trinajstić information content (AvgIpc) is 2.35. The monoisotopic (exact) mass is 225 g/mol. The van der Waals surface area contributed by atoms with Crippen LogP contribution in [0.15, 0.2) is 18.2 Å². The number of hydrogen-bond acceptors (Lipinski definition) is 4. The fourth-order valence-electron chi connectivity index (χ4n) is 1.31. The summed E-state index contributed by atoms with van der Waals surface area (Å²) in [6, 6.07) is 4.82. The molecular weight excluding hydrogens is 210 g/mol. The summed E-state index contributed by atoms with van der Waals surface area (Å²) in [6.45, 7) is 0. The number of benzene rings is 1. The second-order valence-electron chi connectivity index (χ2n) is 3.13. The standard InChI is InChI=1S/C11H15NO4/c1-12-11(14)10(13)7-4-5-8(15-2)9(6-7)16-3/h4-6,10,13H,1-3H3,(H,12,14). The van der Waals surface area contributed by atoms with E-state index in [2.05, 4.69) is 5.32 Å². The van der Waals surface area contributed by atoms with Crippen LogP contribution < -0.4 is 14.8 Å². The van der Waals surface area contributed by atoms with Crippen LogP contribution in [0.3, 0.4) is 0 Å². The molecule has 2 N–H and O–H groups in total. The molecule has 0 aliphatic rings. The Morgan fingerprint density at radius 3 is 2.44 bits per heavy atom. The Morgan fingerprint density at radius 1 is 1.31 bits per heavy atom. The Morgan fingerprint density at radius 2 is 1.94 bits per heavy atom. The van der Waals surface area contributed by atoms with Gasteiger partial charge in [0.25, 0.3) is 5.91 Å². The van der Waals surface area contributed by atoms with Gasteiger partial charge in [-0.3, -0.25) is 4.79 Å². The highest BCUT2D eigenvalue weighted by Gasteiger charge is 2.17. The zero-order chi connectivity index (χ0) is 12.1. The van der Waals surface area contributed by atoms with Crippen molar-refractivity contribution < 1.29 is 19.4 Å². The molecule has 1 atom stereocenters. The predicted molar refractivity (Wildman–Crippen MR) is 58.6 cm³/mol. The van der Waals surface area contributed by atoms with Crippen molar-refractivity contribution in [3.63, 3.8) is 0 Å². The van der Waals surface area contributed by atoms with Crippen LogP contribution in [-0.2, 0) is 4.79 Å². The number of amides is 1. The molecule has 1 amide bonds. The molecule has 0 bridgehead atoms. The van der Waals surface area contributed by atoms with Crippen LogP contribution in [0.25, 0.3) is 0 Å². The minimum Gasteiger partial charge on any atom is -0.493 e. The molecule has 0 spiro atoms. The summed E-state index contributed by atoms with van der Waals surface area (Å²) < 4.78 is 10.1. The van der Waals surface area contributed by atoms with E-state index in [0.29, 0.717) is 17.1 Å². The van der Waals surface area contributed by atoms with Crippen LogP contribution in [0.2, 0.25) is 0 Å². The minimum atomic E-state index is -1.20. The maximum Gasteiger partial charge on any atom is 0.253 e. The van der Waals surface area contributed by atoms with E-state index in [4.69, 9.17) is 9.47 Å². The third-order valence-electron chi connectivity index (χ3n) is 2.22. The number of likely N-dealkylation sites (N-methyl/N-ethyl adjacent to an activating group) is 1. The molecule has 1 unspecified atom stereocenters. The minimum absolute atomic E-state index is 0.456. The van der Waals surface area contributed by atoms with Crippen molar-refractivity contribution in [3.05, 3.63) is 23.8 Å². The number of carbonyl (C=O) groups excluding carboxylic acids is 1. The molecule has 5 heteroatoms. The quantitative estimate of drug-likeness (QED) is 0.782. The number of rotatable bonds is 4. The number of aliphatic hydroxyl groups excluding tert-OH is 1. The number of carbonyl (C=O) groups is 1. The molecular formula is C11H15NO4. The van der Waals surface area contributed by atoms with Crippen molar-refractivity contribution >= 4 is 5.91 Å². The Kier molecular flexibility index (Phi) is 4.13. The normalized spacial score (nSPS) is 11.8. The second-order valence-corrected chi connectivity index (χ2v) is 3.13. The second kappa shape index (κ2) is 5.37. The SMILES string of the molecule is CNC(=O)C(O)c1ccc(OC)c(OC)c1. The smallest absolute Gasteiger partial charge is 0.253 e. The maximum absolute atomic E-state index is 11.2. The molecule has 0 saturated heterocycles. The molecule has 0 radical (unpaired) electrons. The third-order valence-corrected chi connectivity index (χ3v) is 2.22. The molecule has 1 aromatic carbocycles. The van der Waals surface area contributed by atoms with E-state index in [1.165, 1.54) is 21.3 Å². The lowest BCUT2D eigenvalue weighted by Gasteiger charge is -2.12. The first-order chi connectivity index (χ1) is 7.63. The van der Waals surface area contributed by atoms with E-state index in [0.717, 1.165) is 0 Å². The van der Waals surface area contributed by atoms with E-state index < -0.39 is 12.0 Å². The molecule has 0 fully saturated rings. The van der Waals surface area contributed by atoms with Crippen LogP contribution in [-0.4, -0.2) is 32.3 Å². The number of aliphatic hydroxyl groups is 1. The highest BCUT2D eigenvalue weighted by atomic mass is 16.5. The lowest BCUT2D eigenvalue weighted by Crippen LogP contribution is -2.25. The summed E-state index contributed by atoms with van der Waals surface area (Å²) in [5, 5.41) is 12.0. The summed E-state index contributed by atoms with van der Waals surface area (Å²) in [5.41, 5.74) is 0.456. The van der Waals surface area contributed by atoms with Gasteiger partial charge < -0.3 is 19.9 Å². The van der Waals surface area contributed by atoms with Gasteiger partial charge >= 0.3 is 0 Å². The Labute approximate surface area is 94.0 Å². The van der Waals surface area contributed by atoms with Gasteiger partial charge in [0, 0.05) is 7.05 Å². The molecule has 0 heterocycles. The van der Waals surface area contributed by atoms with Gasteiger partial charge in [0.1, 0.15) is 0 Å². The van der Waals surface area contributed by atoms with Crippen LogP contribution in [0.1, 0.15) is 11.7 Å². The molecule has 0 aromatic heterocycles. The highest BCUT2D eigenvalue weighted by Crippen LogP contribution is 2.29. The molecule has 1 aromatic rings. The summed E-state index contributed by atoms with van der Waals surface area (Å²) in [6.07, 6.45) is -1.20. The number of hydrogen-bond donors (Lipinski definition) is 2. The zero-order valence-electron chi connectivity index (χ0n) is 9.48. The van der Waals surface area contributed by atoms with Gasteiger partial charge in [-0.15, -0.1) is 0 Å². The first-order valence-corrected chi connectivity index (χ1v) is 4.75. The molecule has 88 valence electrons. The van der Waals surface area contributed by atoms with Crippen LogP contribution in [0, 0.1) is 0 Å². The first kappa shape index (κ1) is 12.3. The third kappa shape index (κ3) is 2.43. The van der Waals surface area contributed by atoms with Gasteiger partial charge in [0.05, 0.1) is 14.2 Å². The Hall–Kier alpha value is -1.75.